The van der Waals surface area contributed by atoms with Crippen molar-refractivity contribution in [3.8, 4) is 0 Å². The van der Waals surface area contributed by atoms with Gasteiger partial charge in [0.15, 0.2) is 0 Å². The van der Waals surface area contributed by atoms with Crippen LogP contribution in [0.3, 0.4) is 0 Å². The van der Waals surface area contributed by atoms with E-state index < -0.39 is 10.0 Å². The Morgan fingerprint density at radius 1 is 1.25 bits per heavy atom. The number of nitrogens with one attached hydrogen (secondary N) is 1. The summed E-state index contributed by atoms with van der Waals surface area (Å²) in [5, 5.41) is 3.23. The molecule has 0 fully saturated rings. The number of sulfonamides is 1. The molecule has 0 saturated carbocycles. The standard InChI is InChI=1S/C13H25N3O2S2/c1-6-14-10-12-11(2)9-13(19-12)20(17,18)16(5)8-7-15(3)4/h9,14H,6-8,10H2,1-5H3. The molecular formula is C13H25N3O2S2. The molecule has 0 bridgehead atoms. The summed E-state index contributed by atoms with van der Waals surface area (Å²) in [6, 6.07) is 1.78. The van der Waals surface area contributed by atoms with Crippen LogP contribution in [0.1, 0.15) is 17.4 Å². The normalized spacial score (nSPS) is 12.6. The van der Waals surface area contributed by atoms with Crippen molar-refractivity contribution in [2.45, 2.75) is 24.6 Å². The first-order valence-electron chi connectivity index (χ1n) is 6.70. The SMILES string of the molecule is CCNCc1sc(S(=O)(=O)N(C)CCN(C)C)cc1C. The van der Waals surface area contributed by atoms with Crippen LogP contribution in [-0.4, -0.2) is 58.4 Å². The van der Waals surface area contributed by atoms with Crippen LogP contribution >= 0.6 is 11.3 Å². The molecule has 20 heavy (non-hydrogen) atoms. The quantitative estimate of drug-likeness (QED) is 0.786. The minimum Gasteiger partial charge on any atom is -0.312 e. The van der Waals surface area contributed by atoms with Crippen LogP contribution in [-0.2, 0) is 16.6 Å². The van der Waals surface area contributed by atoms with Gasteiger partial charge < -0.3 is 10.2 Å². The second-order valence-electron chi connectivity index (χ2n) is 5.08. The van der Waals surface area contributed by atoms with E-state index in [1.165, 1.54) is 15.6 Å². The molecule has 1 N–H and O–H groups in total. The van der Waals surface area contributed by atoms with E-state index in [-0.39, 0.29) is 0 Å². The van der Waals surface area contributed by atoms with Crippen LogP contribution in [0.2, 0.25) is 0 Å². The van der Waals surface area contributed by atoms with Crippen molar-refractivity contribution in [1.29, 1.82) is 0 Å². The number of hydrogen-bond donors (Lipinski definition) is 1. The van der Waals surface area contributed by atoms with Crippen molar-refractivity contribution in [3.05, 3.63) is 16.5 Å². The highest BCUT2D eigenvalue weighted by Crippen LogP contribution is 2.27. The van der Waals surface area contributed by atoms with Crippen LogP contribution in [0, 0.1) is 6.92 Å². The lowest BCUT2D eigenvalue weighted by atomic mass is 10.3. The number of rotatable bonds is 8. The Hall–Kier alpha value is -0.470. The van der Waals surface area contributed by atoms with E-state index in [1.807, 2.05) is 32.8 Å². The Kier molecular flexibility index (Phi) is 6.60. The predicted octanol–water partition coefficient (Wildman–Crippen LogP) is 1.35. The van der Waals surface area contributed by atoms with Crippen molar-refractivity contribution in [1.82, 2.24) is 14.5 Å². The van der Waals surface area contributed by atoms with Crippen LogP contribution in [0.25, 0.3) is 0 Å². The van der Waals surface area contributed by atoms with Crippen molar-refractivity contribution in [2.75, 3.05) is 40.8 Å². The van der Waals surface area contributed by atoms with Gasteiger partial charge in [-0.05, 0) is 39.2 Å². The number of nitrogens with zero attached hydrogens (tertiary/aromatic N) is 2. The first-order valence-corrected chi connectivity index (χ1v) is 8.95. The van der Waals surface area contributed by atoms with Gasteiger partial charge in [-0.1, -0.05) is 6.92 Å². The molecule has 0 radical (unpaired) electrons. The lowest BCUT2D eigenvalue weighted by Crippen LogP contribution is -2.33. The van der Waals surface area contributed by atoms with E-state index in [9.17, 15) is 8.42 Å². The average molecular weight is 319 g/mol. The minimum atomic E-state index is -3.36. The van der Waals surface area contributed by atoms with E-state index in [0.717, 1.165) is 23.5 Å². The van der Waals surface area contributed by atoms with Gasteiger partial charge >= 0.3 is 0 Å². The Bertz CT molecular complexity index is 524. The Morgan fingerprint density at radius 2 is 1.90 bits per heavy atom. The zero-order valence-corrected chi connectivity index (χ0v) is 14.6. The molecule has 0 saturated heterocycles. The molecule has 0 aromatic carbocycles. The third kappa shape index (κ3) is 4.53. The van der Waals surface area contributed by atoms with E-state index in [4.69, 9.17) is 0 Å². The van der Waals surface area contributed by atoms with Crippen molar-refractivity contribution in [3.63, 3.8) is 0 Å². The van der Waals surface area contributed by atoms with Gasteiger partial charge in [-0.15, -0.1) is 11.3 Å². The summed E-state index contributed by atoms with van der Waals surface area (Å²) in [5.74, 6) is 0. The molecule has 116 valence electrons. The second kappa shape index (κ2) is 7.51. The summed E-state index contributed by atoms with van der Waals surface area (Å²) in [5.41, 5.74) is 1.04. The molecule has 0 aliphatic rings. The van der Waals surface area contributed by atoms with Crippen molar-refractivity contribution < 1.29 is 8.42 Å². The van der Waals surface area contributed by atoms with Crippen LogP contribution in [0.15, 0.2) is 10.3 Å². The fourth-order valence-electron chi connectivity index (χ4n) is 1.64. The average Bonchev–Trinajstić information content (AvgIpc) is 2.75. The number of likely N-dealkylation sites (N-methyl/N-ethyl adjacent to an activating group) is 2. The minimum absolute atomic E-state index is 0.434. The molecule has 5 nitrogen and oxygen atoms in total. The van der Waals surface area contributed by atoms with E-state index in [0.29, 0.717) is 17.3 Å². The summed E-state index contributed by atoms with van der Waals surface area (Å²) in [7, 11) is 2.14. The molecule has 1 rings (SSSR count). The van der Waals surface area contributed by atoms with Crippen LogP contribution in [0.5, 0.6) is 0 Å². The van der Waals surface area contributed by atoms with Gasteiger partial charge in [-0.2, -0.15) is 4.31 Å². The largest absolute Gasteiger partial charge is 0.312 e. The predicted molar refractivity (Wildman–Crippen MR) is 84.8 cm³/mol. The first-order chi connectivity index (χ1) is 9.28. The summed E-state index contributed by atoms with van der Waals surface area (Å²) in [6.45, 7) is 6.81. The highest BCUT2D eigenvalue weighted by Gasteiger charge is 2.23. The highest BCUT2D eigenvalue weighted by atomic mass is 32.2. The summed E-state index contributed by atoms with van der Waals surface area (Å²) in [4.78, 5) is 3.06. The highest BCUT2D eigenvalue weighted by molar-refractivity contribution is 7.91. The lowest BCUT2D eigenvalue weighted by Gasteiger charge is -2.18. The van der Waals surface area contributed by atoms with Gasteiger partial charge in [0.2, 0.25) is 0 Å². The van der Waals surface area contributed by atoms with Gasteiger partial charge in [0.1, 0.15) is 4.21 Å². The molecule has 1 heterocycles. The molecule has 0 atom stereocenters. The molecule has 7 heteroatoms. The van der Waals surface area contributed by atoms with Gasteiger partial charge in [-0.3, -0.25) is 0 Å². The van der Waals surface area contributed by atoms with E-state index >= 15 is 0 Å². The zero-order valence-electron chi connectivity index (χ0n) is 12.9. The molecule has 0 aliphatic carbocycles. The van der Waals surface area contributed by atoms with Gasteiger partial charge in [-0.25, -0.2) is 8.42 Å². The maximum absolute atomic E-state index is 12.5. The van der Waals surface area contributed by atoms with Gasteiger partial charge in [0.05, 0.1) is 0 Å². The van der Waals surface area contributed by atoms with Crippen LogP contribution < -0.4 is 5.32 Å². The fourth-order valence-corrected chi connectivity index (χ4v) is 4.58. The van der Waals surface area contributed by atoms with E-state index in [1.54, 1.807) is 13.1 Å². The smallest absolute Gasteiger partial charge is 0.252 e. The molecule has 0 aliphatic heterocycles. The van der Waals surface area contributed by atoms with Gasteiger partial charge in [0, 0.05) is 31.6 Å². The third-order valence-corrected chi connectivity index (χ3v) is 6.60. The topological polar surface area (TPSA) is 52.7 Å². The Morgan fingerprint density at radius 3 is 2.45 bits per heavy atom. The summed E-state index contributed by atoms with van der Waals surface area (Å²) < 4.78 is 26.8. The Balaban J connectivity index is 2.86. The first kappa shape index (κ1) is 17.6. The number of thiophene rings is 1. The third-order valence-electron chi connectivity index (χ3n) is 3.06. The van der Waals surface area contributed by atoms with Crippen molar-refractivity contribution >= 4 is 21.4 Å². The maximum atomic E-state index is 12.5. The number of hydrogen-bond acceptors (Lipinski definition) is 5. The second-order valence-corrected chi connectivity index (χ2v) is 8.49. The number of aryl methyl sites for hydroxylation is 1. The molecular weight excluding hydrogens is 294 g/mol. The van der Waals surface area contributed by atoms with Gasteiger partial charge in [0.25, 0.3) is 10.0 Å². The van der Waals surface area contributed by atoms with E-state index in [2.05, 4.69) is 5.32 Å². The molecule has 0 spiro atoms. The molecule has 0 unspecified atom stereocenters. The zero-order chi connectivity index (χ0) is 15.3. The monoisotopic (exact) mass is 319 g/mol. The Labute approximate surface area is 126 Å². The summed E-state index contributed by atoms with van der Waals surface area (Å²) in [6.07, 6.45) is 0. The molecule has 1 aromatic rings. The van der Waals surface area contributed by atoms with Crippen LogP contribution in [0.4, 0.5) is 0 Å². The lowest BCUT2D eigenvalue weighted by molar-refractivity contribution is 0.359. The fraction of sp³-hybridized carbons (Fsp3) is 0.692. The molecule has 0 amide bonds. The summed E-state index contributed by atoms with van der Waals surface area (Å²) >= 11 is 1.36. The van der Waals surface area contributed by atoms with Crippen molar-refractivity contribution in [2.24, 2.45) is 0 Å². The molecule has 1 aromatic heterocycles. The maximum Gasteiger partial charge on any atom is 0.252 e.